The highest BCUT2D eigenvalue weighted by molar-refractivity contribution is 7.99. The molecule has 0 bridgehead atoms. The highest BCUT2D eigenvalue weighted by atomic mass is 32.2. The highest BCUT2D eigenvalue weighted by Crippen LogP contribution is 2.25. The summed E-state index contributed by atoms with van der Waals surface area (Å²) in [4.78, 5) is 0. The number of rotatable bonds is 2. The Kier molecular flexibility index (Phi) is 4.03. The Labute approximate surface area is 109 Å². The normalized spacial score (nSPS) is 18.1. The lowest BCUT2D eigenvalue weighted by Crippen LogP contribution is -2.24. The Balaban J connectivity index is 1.98. The van der Waals surface area contributed by atoms with Gasteiger partial charge in [0.1, 0.15) is 0 Å². The number of thioether (sulfide) groups is 1. The van der Waals surface area contributed by atoms with Crippen molar-refractivity contribution in [2.75, 3.05) is 16.8 Å². The van der Waals surface area contributed by atoms with Crippen LogP contribution in [0, 0.1) is 0 Å². The number of hydrogen-bond acceptors (Lipinski definition) is 2. The summed E-state index contributed by atoms with van der Waals surface area (Å²) in [6, 6.07) is 9.63. The zero-order valence-electron chi connectivity index (χ0n) is 11.1. The predicted molar refractivity (Wildman–Crippen MR) is 79.1 cm³/mol. The Hall–Kier alpha value is -0.630. The van der Waals surface area contributed by atoms with Gasteiger partial charge in [-0.05, 0) is 47.5 Å². The van der Waals surface area contributed by atoms with Gasteiger partial charge in [0, 0.05) is 11.7 Å². The van der Waals surface area contributed by atoms with Crippen LogP contribution in [0.2, 0.25) is 0 Å². The van der Waals surface area contributed by atoms with Crippen LogP contribution in [-0.4, -0.2) is 17.5 Å². The maximum Gasteiger partial charge on any atom is 0.0342 e. The number of benzene rings is 1. The first-order valence-corrected chi connectivity index (χ1v) is 7.66. The third-order valence-electron chi connectivity index (χ3n) is 3.34. The smallest absolute Gasteiger partial charge is 0.0342 e. The van der Waals surface area contributed by atoms with Gasteiger partial charge >= 0.3 is 0 Å². The van der Waals surface area contributed by atoms with Crippen molar-refractivity contribution < 1.29 is 0 Å². The summed E-state index contributed by atoms with van der Waals surface area (Å²) < 4.78 is 0. The van der Waals surface area contributed by atoms with E-state index in [1.165, 1.54) is 35.6 Å². The number of anilines is 1. The van der Waals surface area contributed by atoms with E-state index in [-0.39, 0.29) is 5.41 Å². The molecule has 0 unspecified atom stereocenters. The molecule has 1 saturated heterocycles. The molecule has 0 spiro atoms. The molecule has 0 aromatic heterocycles. The Bertz CT molecular complexity index is 344. The molecule has 1 heterocycles. The minimum Gasteiger partial charge on any atom is -0.382 e. The molecule has 94 valence electrons. The number of nitrogens with one attached hydrogen (secondary N) is 1. The lowest BCUT2D eigenvalue weighted by atomic mass is 9.87. The van der Waals surface area contributed by atoms with Crippen molar-refractivity contribution >= 4 is 17.4 Å². The van der Waals surface area contributed by atoms with Crippen LogP contribution in [0.15, 0.2) is 24.3 Å². The van der Waals surface area contributed by atoms with Crippen LogP contribution in [0.3, 0.4) is 0 Å². The quantitative estimate of drug-likeness (QED) is 0.839. The maximum atomic E-state index is 3.65. The molecule has 0 amide bonds. The minimum atomic E-state index is 0.250. The third-order valence-corrected chi connectivity index (χ3v) is 4.39. The van der Waals surface area contributed by atoms with Gasteiger partial charge in [-0.25, -0.2) is 0 Å². The van der Waals surface area contributed by atoms with Crippen molar-refractivity contribution in [2.24, 2.45) is 0 Å². The molecular formula is C15H23NS. The summed E-state index contributed by atoms with van der Waals surface area (Å²) in [6.45, 7) is 6.77. The van der Waals surface area contributed by atoms with Crippen LogP contribution in [0.1, 0.15) is 39.2 Å². The zero-order valence-corrected chi connectivity index (χ0v) is 11.9. The van der Waals surface area contributed by atoms with E-state index in [0.717, 1.165) is 0 Å². The van der Waals surface area contributed by atoms with E-state index in [4.69, 9.17) is 0 Å². The fourth-order valence-electron chi connectivity index (χ4n) is 2.14. The van der Waals surface area contributed by atoms with Gasteiger partial charge in [0.2, 0.25) is 0 Å². The van der Waals surface area contributed by atoms with Gasteiger partial charge in [-0.2, -0.15) is 11.8 Å². The number of hydrogen-bond donors (Lipinski definition) is 1. The first kappa shape index (κ1) is 12.8. The van der Waals surface area contributed by atoms with Gasteiger partial charge in [-0.1, -0.05) is 32.9 Å². The molecular weight excluding hydrogens is 226 g/mol. The molecule has 2 heteroatoms. The molecule has 0 radical (unpaired) electrons. The fraction of sp³-hybridized carbons (Fsp3) is 0.600. The minimum absolute atomic E-state index is 0.250. The van der Waals surface area contributed by atoms with Crippen LogP contribution in [0.4, 0.5) is 5.69 Å². The van der Waals surface area contributed by atoms with Gasteiger partial charge in [0.05, 0.1) is 0 Å². The van der Waals surface area contributed by atoms with Crippen molar-refractivity contribution in [3.05, 3.63) is 29.8 Å². The lowest BCUT2D eigenvalue weighted by molar-refractivity contribution is 0.590. The molecule has 0 saturated carbocycles. The molecule has 1 aliphatic heterocycles. The summed E-state index contributed by atoms with van der Waals surface area (Å²) in [7, 11) is 0. The summed E-state index contributed by atoms with van der Waals surface area (Å²) in [5.74, 6) is 2.61. The second kappa shape index (κ2) is 5.34. The van der Waals surface area contributed by atoms with E-state index < -0.39 is 0 Å². The Morgan fingerprint density at radius 3 is 2.18 bits per heavy atom. The average molecular weight is 249 g/mol. The monoisotopic (exact) mass is 249 g/mol. The molecule has 2 rings (SSSR count). The SMILES string of the molecule is CC(C)(C)c1ccc(NC2CCSCC2)cc1. The van der Waals surface area contributed by atoms with Gasteiger partial charge < -0.3 is 5.32 Å². The Morgan fingerprint density at radius 2 is 1.65 bits per heavy atom. The summed E-state index contributed by atoms with van der Waals surface area (Å²) in [5, 5.41) is 3.65. The lowest BCUT2D eigenvalue weighted by Gasteiger charge is -2.24. The maximum absolute atomic E-state index is 3.65. The first-order valence-electron chi connectivity index (χ1n) is 6.50. The zero-order chi connectivity index (χ0) is 12.3. The summed E-state index contributed by atoms with van der Waals surface area (Å²) >= 11 is 2.08. The van der Waals surface area contributed by atoms with E-state index >= 15 is 0 Å². The second-order valence-electron chi connectivity index (χ2n) is 5.86. The van der Waals surface area contributed by atoms with Crippen LogP contribution in [-0.2, 0) is 5.41 Å². The van der Waals surface area contributed by atoms with E-state index in [1.54, 1.807) is 0 Å². The first-order chi connectivity index (χ1) is 8.05. The van der Waals surface area contributed by atoms with Gasteiger partial charge in [-0.3, -0.25) is 0 Å². The van der Waals surface area contributed by atoms with E-state index in [2.05, 4.69) is 62.1 Å². The van der Waals surface area contributed by atoms with Crippen molar-refractivity contribution in [2.45, 2.75) is 45.1 Å². The largest absolute Gasteiger partial charge is 0.382 e. The van der Waals surface area contributed by atoms with Crippen molar-refractivity contribution in [1.82, 2.24) is 0 Å². The van der Waals surface area contributed by atoms with Crippen molar-refractivity contribution in [3.63, 3.8) is 0 Å². The Morgan fingerprint density at radius 1 is 1.06 bits per heavy atom. The molecule has 1 nitrogen and oxygen atoms in total. The van der Waals surface area contributed by atoms with Gasteiger partial charge in [0.15, 0.2) is 0 Å². The van der Waals surface area contributed by atoms with Crippen molar-refractivity contribution in [3.8, 4) is 0 Å². The standard InChI is InChI=1S/C15H23NS/c1-15(2,3)12-4-6-13(7-5-12)16-14-8-10-17-11-9-14/h4-7,14,16H,8-11H2,1-3H3. The molecule has 17 heavy (non-hydrogen) atoms. The molecule has 1 fully saturated rings. The molecule has 1 aromatic rings. The second-order valence-corrected chi connectivity index (χ2v) is 7.08. The summed E-state index contributed by atoms with van der Waals surface area (Å²) in [6.07, 6.45) is 2.59. The molecule has 1 aromatic carbocycles. The highest BCUT2D eigenvalue weighted by Gasteiger charge is 2.15. The fourth-order valence-corrected chi connectivity index (χ4v) is 3.25. The van der Waals surface area contributed by atoms with Crippen LogP contribution >= 0.6 is 11.8 Å². The van der Waals surface area contributed by atoms with E-state index in [1.807, 2.05) is 0 Å². The van der Waals surface area contributed by atoms with Crippen LogP contribution < -0.4 is 5.32 Å². The van der Waals surface area contributed by atoms with Crippen LogP contribution in [0.5, 0.6) is 0 Å². The molecule has 1 N–H and O–H groups in total. The average Bonchev–Trinajstić information content (AvgIpc) is 2.30. The van der Waals surface area contributed by atoms with E-state index in [9.17, 15) is 0 Å². The summed E-state index contributed by atoms with van der Waals surface area (Å²) in [5.41, 5.74) is 2.93. The van der Waals surface area contributed by atoms with E-state index in [0.29, 0.717) is 6.04 Å². The molecule has 1 aliphatic rings. The molecule has 0 aliphatic carbocycles. The van der Waals surface area contributed by atoms with Crippen molar-refractivity contribution in [1.29, 1.82) is 0 Å². The van der Waals surface area contributed by atoms with Gasteiger partial charge in [0.25, 0.3) is 0 Å². The third kappa shape index (κ3) is 3.67. The predicted octanol–water partition coefficient (Wildman–Crippen LogP) is 4.29. The van der Waals surface area contributed by atoms with Gasteiger partial charge in [-0.15, -0.1) is 0 Å². The topological polar surface area (TPSA) is 12.0 Å². The van der Waals surface area contributed by atoms with Crippen LogP contribution in [0.25, 0.3) is 0 Å². The molecule has 0 atom stereocenters.